The molecule has 2 aromatic carbocycles. The lowest BCUT2D eigenvalue weighted by Crippen LogP contribution is -2.23. The molecule has 0 unspecified atom stereocenters. The molecule has 0 saturated heterocycles. The molecular weight excluding hydrogens is 272 g/mol. The topological polar surface area (TPSA) is 68.2 Å². The highest BCUT2D eigenvalue weighted by molar-refractivity contribution is 5.58. The summed E-state index contributed by atoms with van der Waals surface area (Å²) in [5, 5.41) is 19.5. The first-order valence-electron chi connectivity index (χ1n) is 6.71. The Morgan fingerprint density at radius 2 is 1.95 bits per heavy atom. The van der Waals surface area contributed by atoms with Gasteiger partial charge < -0.3 is 24.4 Å². The smallest absolute Gasteiger partial charge is 0.200 e. The fraction of sp³-hybridized carbons (Fsp3) is 0.250. The summed E-state index contributed by atoms with van der Waals surface area (Å²) in [4.78, 5) is 0. The van der Waals surface area contributed by atoms with Gasteiger partial charge in [-0.3, -0.25) is 0 Å². The van der Waals surface area contributed by atoms with Crippen LogP contribution in [0.1, 0.15) is 23.1 Å². The van der Waals surface area contributed by atoms with Crippen LogP contribution in [0.2, 0.25) is 0 Å². The van der Waals surface area contributed by atoms with E-state index in [4.69, 9.17) is 14.2 Å². The second-order valence-corrected chi connectivity index (χ2v) is 5.21. The van der Waals surface area contributed by atoms with Gasteiger partial charge in [0, 0.05) is 17.2 Å². The fourth-order valence-electron chi connectivity index (χ4n) is 3.01. The third kappa shape index (κ3) is 1.63. The quantitative estimate of drug-likeness (QED) is 0.789. The monoisotopic (exact) mass is 286 g/mol. The molecule has 0 fully saturated rings. The molecule has 2 aliphatic heterocycles. The van der Waals surface area contributed by atoms with Gasteiger partial charge in [-0.25, -0.2) is 0 Å². The van der Waals surface area contributed by atoms with Crippen molar-refractivity contribution >= 4 is 0 Å². The largest absolute Gasteiger partial charge is 0.504 e. The van der Waals surface area contributed by atoms with E-state index in [9.17, 15) is 10.2 Å². The van der Waals surface area contributed by atoms with Crippen LogP contribution in [-0.4, -0.2) is 23.9 Å². The molecule has 0 amide bonds. The summed E-state index contributed by atoms with van der Waals surface area (Å²) in [5.41, 5.74) is 1.82. The van der Waals surface area contributed by atoms with Gasteiger partial charge in [0.2, 0.25) is 5.75 Å². The molecule has 21 heavy (non-hydrogen) atoms. The number of hydrogen-bond acceptors (Lipinski definition) is 5. The van der Waals surface area contributed by atoms with Crippen molar-refractivity contribution in [3.05, 3.63) is 41.5 Å². The first kappa shape index (κ1) is 12.2. The molecule has 0 saturated carbocycles. The molecule has 4 rings (SSSR count). The third-order valence-corrected chi connectivity index (χ3v) is 4.09. The van der Waals surface area contributed by atoms with Gasteiger partial charge >= 0.3 is 0 Å². The van der Waals surface area contributed by atoms with Crippen LogP contribution in [-0.2, 0) is 0 Å². The first-order chi connectivity index (χ1) is 10.2. The second-order valence-electron chi connectivity index (χ2n) is 5.21. The Morgan fingerprint density at radius 3 is 2.76 bits per heavy atom. The van der Waals surface area contributed by atoms with E-state index in [-0.39, 0.29) is 23.5 Å². The number of benzene rings is 2. The Bertz CT molecular complexity index is 725. The van der Waals surface area contributed by atoms with E-state index in [0.29, 0.717) is 12.4 Å². The predicted molar refractivity (Wildman–Crippen MR) is 74.4 cm³/mol. The molecule has 0 radical (unpaired) electrons. The average Bonchev–Trinajstić information content (AvgIpc) is 2.88. The third-order valence-electron chi connectivity index (χ3n) is 4.09. The molecule has 0 bridgehead atoms. The van der Waals surface area contributed by atoms with Crippen LogP contribution in [0.25, 0.3) is 0 Å². The lowest BCUT2D eigenvalue weighted by atomic mass is 9.89. The summed E-state index contributed by atoms with van der Waals surface area (Å²) >= 11 is 0. The van der Waals surface area contributed by atoms with Crippen molar-refractivity contribution in [3.63, 3.8) is 0 Å². The minimum atomic E-state index is -0.233. The SMILES string of the molecule is COc1ccc2c(c1)O[C@H]1c3ccc(O)c(O)c3OC[C@@H]21. The van der Waals surface area contributed by atoms with E-state index in [1.54, 1.807) is 13.2 Å². The minimum absolute atomic E-state index is 0.0716. The summed E-state index contributed by atoms with van der Waals surface area (Å²) in [6.45, 7) is 0.397. The fourth-order valence-corrected chi connectivity index (χ4v) is 3.01. The Labute approximate surface area is 121 Å². The summed E-state index contributed by atoms with van der Waals surface area (Å²) in [6.07, 6.45) is -0.220. The molecule has 2 aromatic rings. The average molecular weight is 286 g/mol. The molecule has 2 heterocycles. The number of fused-ring (bicyclic) bond motifs is 5. The Balaban J connectivity index is 1.80. The molecular formula is C16H14O5. The summed E-state index contributed by atoms with van der Waals surface area (Å²) in [5.74, 6) is 1.46. The van der Waals surface area contributed by atoms with Crippen LogP contribution in [0.5, 0.6) is 28.7 Å². The van der Waals surface area contributed by atoms with Gasteiger partial charge in [-0.2, -0.15) is 0 Å². The molecule has 0 aliphatic carbocycles. The highest BCUT2D eigenvalue weighted by Gasteiger charge is 2.42. The van der Waals surface area contributed by atoms with Crippen LogP contribution >= 0.6 is 0 Å². The molecule has 0 spiro atoms. The maximum absolute atomic E-state index is 9.91. The highest BCUT2D eigenvalue weighted by atomic mass is 16.5. The van der Waals surface area contributed by atoms with Crippen LogP contribution < -0.4 is 14.2 Å². The molecule has 2 atom stereocenters. The van der Waals surface area contributed by atoms with Gasteiger partial charge in [-0.15, -0.1) is 0 Å². The molecule has 0 aromatic heterocycles. The number of hydrogen-bond donors (Lipinski definition) is 2. The number of phenols is 2. The Hall–Kier alpha value is -2.56. The normalized spacial score (nSPS) is 21.6. The van der Waals surface area contributed by atoms with Crippen molar-refractivity contribution in [2.75, 3.05) is 13.7 Å². The van der Waals surface area contributed by atoms with Crippen LogP contribution in [0.3, 0.4) is 0 Å². The number of rotatable bonds is 1. The van der Waals surface area contributed by atoms with Crippen LogP contribution in [0.4, 0.5) is 0 Å². The number of methoxy groups -OCH3 is 1. The van der Waals surface area contributed by atoms with E-state index in [2.05, 4.69) is 0 Å². The zero-order valence-electron chi connectivity index (χ0n) is 11.4. The lowest BCUT2D eigenvalue weighted by Gasteiger charge is -2.28. The molecule has 2 N–H and O–H groups in total. The van der Waals surface area contributed by atoms with Gasteiger partial charge in [-0.05, 0) is 18.2 Å². The molecule has 5 heteroatoms. The summed E-state index contributed by atoms with van der Waals surface area (Å²) in [7, 11) is 1.61. The van der Waals surface area contributed by atoms with Crippen molar-refractivity contribution in [1.29, 1.82) is 0 Å². The maximum atomic E-state index is 9.91. The van der Waals surface area contributed by atoms with E-state index >= 15 is 0 Å². The standard InChI is InChI=1S/C16H14O5/c1-19-8-2-3-9-11-7-20-16-10(4-5-12(17)14(16)18)15(11)21-13(9)6-8/h2-6,11,15,17-18H,7H2,1H3/t11-,15-/m0/s1. The van der Waals surface area contributed by atoms with Crippen molar-refractivity contribution in [1.82, 2.24) is 0 Å². The Morgan fingerprint density at radius 1 is 1.14 bits per heavy atom. The predicted octanol–water partition coefficient (Wildman–Crippen LogP) is 2.72. The first-order valence-corrected chi connectivity index (χ1v) is 6.71. The van der Waals surface area contributed by atoms with Crippen molar-refractivity contribution in [2.24, 2.45) is 0 Å². The van der Waals surface area contributed by atoms with Gasteiger partial charge in [-0.1, -0.05) is 6.07 Å². The number of aromatic hydroxyl groups is 2. The van der Waals surface area contributed by atoms with E-state index in [1.165, 1.54) is 6.07 Å². The second kappa shape index (κ2) is 4.22. The van der Waals surface area contributed by atoms with Crippen molar-refractivity contribution in [2.45, 2.75) is 12.0 Å². The number of phenolic OH excluding ortho intramolecular Hbond substituents is 2. The summed E-state index contributed by atoms with van der Waals surface area (Å²) < 4.78 is 16.9. The molecule has 108 valence electrons. The molecule has 5 nitrogen and oxygen atoms in total. The van der Waals surface area contributed by atoms with Crippen LogP contribution in [0.15, 0.2) is 30.3 Å². The Kier molecular flexibility index (Phi) is 2.45. The van der Waals surface area contributed by atoms with Gasteiger partial charge in [0.25, 0.3) is 0 Å². The zero-order valence-corrected chi connectivity index (χ0v) is 11.4. The van der Waals surface area contributed by atoms with Crippen LogP contribution in [0, 0.1) is 0 Å². The van der Waals surface area contributed by atoms with Gasteiger partial charge in [0.1, 0.15) is 17.6 Å². The van der Waals surface area contributed by atoms with E-state index in [1.807, 2.05) is 18.2 Å². The highest BCUT2D eigenvalue weighted by Crippen LogP contribution is 2.54. The minimum Gasteiger partial charge on any atom is -0.504 e. The van der Waals surface area contributed by atoms with Gasteiger partial charge in [0.05, 0.1) is 19.6 Å². The molecule has 2 aliphatic rings. The summed E-state index contributed by atoms with van der Waals surface area (Å²) in [6, 6.07) is 8.91. The number of ether oxygens (including phenoxy) is 3. The van der Waals surface area contributed by atoms with Crippen molar-refractivity contribution < 1.29 is 24.4 Å². The van der Waals surface area contributed by atoms with Crippen molar-refractivity contribution in [3.8, 4) is 28.7 Å². The van der Waals surface area contributed by atoms with E-state index < -0.39 is 0 Å². The van der Waals surface area contributed by atoms with Gasteiger partial charge in [0.15, 0.2) is 11.5 Å². The van der Waals surface area contributed by atoms with E-state index in [0.717, 1.165) is 22.6 Å². The lowest BCUT2D eigenvalue weighted by molar-refractivity contribution is 0.135. The maximum Gasteiger partial charge on any atom is 0.200 e. The zero-order chi connectivity index (χ0) is 14.6.